The Morgan fingerprint density at radius 2 is 2.11 bits per heavy atom. The lowest BCUT2D eigenvalue weighted by molar-refractivity contribution is 0.295. The third kappa shape index (κ3) is 2.74. The Hall–Kier alpha value is -2.17. The first-order valence-electron chi connectivity index (χ1n) is 5.74. The summed E-state index contributed by atoms with van der Waals surface area (Å²) in [6, 6.07) is 7.32. The van der Waals surface area contributed by atoms with Crippen molar-refractivity contribution in [2.75, 3.05) is 19.5 Å². The Labute approximate surface area is 106 Å². The first-order chi connectivity index (χ1) is 8.70. The van der Waals surface area contributed by atoms with Gasteiger partial charge in [0.2, 0.25) is 0 Å². The number of aromatic nitrogens is 2. The maximum atomic E-state index is 5.72. The van der Waals surface area contributed by atoms with Gasteiger partial charge in [-0.3, -0.25) is 4.68 Å². The van der Waals surface area contributed by atoms with Crippen molar-refractivity contribution in [2.45, 2.75) is 6.42 Å². The molecule has 1 aromatic heterocycles. The van der Waals surface area contributed by atoms with Gasteiger partial charge in [-0.25, -0.2) is 0 Å². The number of methoxy groups -OCH3 is 1. The molecule has 96 valence electrons. The van der Waals surface area contributed by atoms with E-state index in [-0.39, 0.29) is 0 Å². The van der Waals surface area contributed by atoms with Gasteiger partial charge in [0.05, 0.1) is 13.7 Å². The molecule has 1 aromatic carbocycles. The predicted molar refractivity (Wildman–Crippen MR) is 69.8 cm³/mol. The quantitative estimate of drug-likeness (QED) is 0.816. The van der Waals surface area contributed by atoms with Gasteiger partial charge in [0.25, 0.3) is 0 Å². The van der Waals surface area contributed by atoms with Crippen LogP contribution in [0.3, 0.4) is 0 Å². The summed E-state index contributed by atoms with van der Waals surface area (Å²) in [5.74, 6) is 1.36. The fourth-order valence-electron chi connectivity index (χ4n) is 1.72. The number of nitrogens with two attached hydrogens (primary N) is 1. The van der Waals surface area contributed by atoms with Gasteiger partial charge < -0.3 is 15.2 Å². The second kappa shape index (κ2) is 5.44. The van der Waals surface area contributed by atoms with Crippen LogP contribution in [-0.4, -0.2) is 23.5 Å². The molecule has 0 bridgehead atoms. The molecule has 0 radical (unpaired) electrons. The fraction of sp³-hybridized carbons (Fsp3) is 0.308. The van der Waals surface area contributed by atoms with E-state index in [9.17, 15) is 0 Å². The number of rotatable bonds is 5. The van der Waals surface area contributed by atoms with Crippen LogP contribution in [0.5, 0.6) is 11.5 Å². The van der Waals surface area contributed by atoms with E-state index in [2.05, 4.69) is 5.10 Å². The summed E-state index contributed by atoms with van der Waals surface area (Å²) in [6.45, 7) is 0.555. The molecule has 0 atom stereocenters. The largest absolute Gasteiger partial charge is 0.493 e. The molecule has 0 amide bonds. The molecule has 0 aliphatic rings. The molecule has 0 saturated carbocycles. The van der Waals surface area contributed by atoms with Gasteiger partial charge in [-0.05, 0) is 18.2 Å². The Bertz CT molecular complexity index is 523. The van der Waals surface area contributed by atoms with Crippen molar-refractivity contribution < 1.29 is 9.47 Å². The van der Waals surface area contributed by atoms with Gasteiger partial charge in [0.15, 0.2) is 11.5 Å². The summed E-state index contributed by atoms with van der Waals surface area (Å²) in [5, 5.41) is 4.11. The molecule has 0 spiro atoms. The summed E-state index contributed by atoms with van der Waals surface area (Å²) >= 11 is 0. The Morgan fingerprint density at radius 1 is 1.28 bits per heavy atom. The zero-order chi connectivity index (χ0) is 13.0. The van der Waals surface area contributed by atoms with Crippen LogP contribution in [0.25, 0.3) is 0 Å². The average Bonchev–Trinajstić information content (AvgIpc) is 2.76. The van der Waals surface area contributed by atoms with Crippen molar-refractivity contribution in [3.05, 3.63) is 36.2 Å². The first kappa shape index (κ1) is 12.3. The smallest absolute Gasteiger partial charge is 0.163 e. The first-order valence-corrected chi connectivity index (χ1v) is 5.74. The summed E-state index contributed by atoms with van der Waals surface area (Å²) < 4.78 is 12.7. The lowest BCUT2D eigenvalue weighted by atomic mass is 10.3. The molecule has 2 N–H and O–H groups in total. The van der Waals surface area contributed by atoms with E-state index in [1.807, 2.05) is 17.8 Å². The zero-order valence-corrected chi connectivity index (χ0v) is 10.6. The highest BCUT2D eigenvalue weighted by Crippen LogP contribution is 2.28. The number of nitrogens with zero attached hydrogens (tertiary/aromatic N) is 2. The SMILES string of the molecule is COc1ccc(N)cc1OCCc1ccnn1C. The lowest BCUT2D eigenvalue weighted by Crippen LogP contribution is -2.06. The second-order valence-corrected chi connectivity index (χ2v) is 3.95. The standard InChI is InChI=1S/C13H17N3O2/c1-16-11(5-7-15-16)6-8-18-13-9-10(14)3-4-12(13)17-2/h3-5,7,9H,6,8,14H2,1-2H3. The highest BCUT2D eigenvalue weighted by atomic mass is 16.5. The van der Waals surface area contributed by atoms with E-state index in [0.29, 0.717) is 23.8 Å². The van der Waals surface area contributed by atoms with Gasteiger partial charge in [0.1, 0.15) is 0 Å². The maximum Gasteiger partial charge on any atom is 0.163 e. The van der Waals surface area contributed by atoms with E-state index >= 15 is 0 Å². The van der Waals surface area contributed by atoms with Crippen LogP contribution in [-0.2, 0) is 13.5 Å². The predicted octanol–water partition coefficient (Wildman–Crippen LogP) is 1.63. The topological polar surface area (TPSA) is 62.3 Å². The molecular weight excluding hydrogens is 230 g/mol. The normalized spacial score (nSPS) is 10.3. The van der Waals surface area contributed by atoms with Crippen LogP contribution in [0.15, 0.2) is 30.5 Å². The van der Waals surface area contributed by atoms with E-state index in [1.165, 1.54) is 0 Å². The molecule has 18 heavy (non-hydrogen) atoms. The van der Waals surface area contributed by atoms with E-state index in [0.717, 1.165) is 12.1 Å². The molecule has 5 nitrogen and oxygen atoms in total. The molecule has 0 aliphatic heterocycles. The molecule has 0 aliphatic carbocycles. The molecular formula is C13H17N3O2. The molecule has 0 saturated heterocycles. The lowest BCUT2D eigenvalue weighted by Gasteiger charge is -2.11. The highest BCUT2D eigenvalue weighted by Gasteiger charge is 2.05. The van der Waals surface area contributed by atoms with Crippen LogP contribution in [0, 0.1) is 0 Å². The highest BCUT2D eigenvalue weighted by molar-refractivity contribution is 5.51. The summed E-state index contributed by atoms with van der Waals surface area (Å²) in [5.41, 5.74) is 7.50. The third-order valence-corrected chi connectivity index (χ3v) is 2.73. The minimum absolute atomic E-state index is 0.555. The number of aryl methyl sites for hydroxylation is 1. The monoisotopic (exact) mass is 247 g/mol. The number of ether oxygens (including phenoxy) is 2. The van der Waals surface area contributed by atoms with Gasteiger partial charge in [-0.15, -0.1) is 0 Å². The Kier molecular flexibility index (Phi) is 3.72. The maximum absolute atomic E-state index is 5.72. The van der Waals surface area contributed by atoms with Crippen LogP contribution >= 0.6 is 0 Å². The average molecular weight is 247 g/mol. The zero-order valence-electron chi connectivity index (χ0n) is 10.6. The number of benzene rings is 1. The van der Waals surface area contributed by atoms with Crippen molar-refractivity contribution in [1.82, 2.24) is 9.78 Å². The number of hydrogen-bond donors (Lipinski definition) is 1. The summed E-state index contributed by atoms with van der Waals surface area (Å²) in [6.07, 6.45) is 2.56. The van der Waals surface area contributed by atoms with Gasteiger partial charge >= 0.3 is 0 Å². The van der Waals surface area contributed by atoms with Crippen LogP contribution in [0.2, 0.25) is 0 Å². The molecule has 5 heteroatoms. The molecule has 1 heterocycles. The molecule has 0 unspecified atom stereocenters. The van der Waals surface area contributed by atoms with Crippen molar-refractivity contribution in [3.8, 4) is 11.5 Å². The van der Waals surface area contributed by atoms with Crippen LogP contribution < -0.4 is 15.2 Å². The van der Waals surface area contributed by atoms with Crippen molar-refractivity contribution in [3.63, 3.8) is 0 Å². The molecule has 2 aromatic rings. The molecule has 0 fully saturated rings. The van der Waals surface area contributed by atoms with E-state index in [1.54, 1.807) is 31.5 Å². The third-order valence-electron chi connectivity index (χ3n) is 2.73. The minimum Gasteiger partial charge on any atom is -0.493 e. The van der Waals surface area contributed by atoms with Gasteiger partial charge in [-0.1, -0.05) is 0 Å². The van der Waals surface area contributed by atoms with Crippen LogP contribution in [0.4, 0.5) is 5.69 Å². The van der Waals surface area contributed by atoms with Gasteiger partial charge in [-0.2, -0.15) is 5.10 Å². The van der Waals surface area contributed by atoms with E-state index in [4.69, 9.17) is 15.2 Å². The number of hydrogen-bond acceptors (Lipinski definition) is 4. The Balaban J connectivity index is 1.98. The van der Waals surface area contributed by atoms with Crippen molar-refractivity contribution in [1.29, 1.82) is 0 Å². The second-order valence-electron chi connectivity index (χ2n) is 3.95. The minimum atomic E-state index is 0.555. The summed E-state index contributed by atoms with van der Waals surface area (Å²) in [4.78, 5) is 0. The van der Waals surface area contributed by atoms with Crippen molar-refractivity contribution in [2.24, 2.45) is 7.05 Å². The van der Waals surface area contributed by atoms with E-state index < -0.39 is 0 Å². The summed E-state index contributed by atoms with van der Waals surface area (Å²) in [7, 11) is 3.52. The fourth-order valence-corrected chi connectivity index (χ4v) is 1.72. The van der Waals surface area contributed by atoms with Crippen LogP contribution in [0.1, 0.15) is 5.69 Å². The number of anilines is 1. The number of nitrogen functional groups attached to an aromatic ring is 1. The molecule has 2 rings (SSSR count). The Morgan fingerprint density at radius 3 is 2.78 bits per heavy atom. The van der Waals surface area contributed by atoms with Crippen molar-refractivity contribution >= 4 is 5.69 Å². The van der Waals surface area contributed by atoms with Gasteiger partial charge in [0, 0.05) is 37.1 Å².